The Hall–Kier alpha value is -1.51. The number of phenols is 1. The zero-order chi connectivity index (χ0) is 12.7. The van der Waals surface area contributed by atoms with Crippen LogP contribution in [0.25, 0.3) is 0 Å². The van der Waals surface area contributed by atoms with E-state index in [1.165, 1.54) is 0 Å². The number of unbranched alkanes of at least 4 members (excludes halogenated alkanes) is 2. The van der Waals surface area contributed by atoms with Crippen LogP contribution in [0.5, 0.6) is 5.75 Å². The van der Waals surface area contributed by atoms with Gasteiger partial charge < -0.3 is 10.0 Å². The predicted molar refractivity (Wildman–Crippen MR) is 69.0 cm³/mol. The standard InChI is InChI=1S/C14H21NO2/c1-3-4-7-10-15(2)14(17)11-12-8-5-6-9-13(12)16/h5-6,8-9,16H,3-4,7,10-11H2,1-2H3. The summed E-state index contributed by atoms with van der Waals surface area (Å²) >= 11 is 0. The van der Waals surface area contributed by atoms with Gasteiger partial charge in [-0.1, -0.05) is 38.0 Å². The second-order valence-electron chi connectivity index (χ2n) is 4.33. The van der Waals surface area contributed by atoms with Gasteiger partial charge in [-0.2, -0.15) is 0 Å². The lowest BCUT2D eigenvalue weighted by Gasteiger charge is -2.17. The zero-order valence-corrected chi connectivity index (χ0v) is 10.6. The average Bonchev–Trinajstić information content (AvgIpc) is 2.32. The molecule has 3 nitrogen and oxygen atoms in total. The van der Waals surface area contributed by atoms with Crippen LogP contribution in [0.3, 0.4) is 0 Å². The molecular formula is C14H21NO2. The first-order valence-electron chi connectivity index (χ1n) is 6.16. The van der Waals surface area contributed by atoms with Crippen molar-refractivity contribution in [3.05, 3.63) is 29.8 Å². The molecule has 0 aliphatic carbocycles. The van der Waals surface area contributed by atoms with Gasteiger partial charge in [0.25, 0.3) is 0 Å². The first-order valence-corrected chi connectivity index (χ1v) is 6.16. The van der Waals surface area contributed by atoms with Crippen molar-refractivity contribution in [3.63, 3.8) is 0 Å². The molecule has 0 unspecified atom stereocenters. The zero-order valence-electron chi connectivity index (χ0n) is 10.6. The maximum atomic E-state index is 11.9. The number of para-hydroxylation sites is 1. The quantitative estimate of drug-likeness (QED) is 0.770. The molecule has 0 fully saturated rings. The van der Waals surface area contributed by atoms with Crippen LogP contribution in [-0.2, 0) is 11.2 Å². The summed E-state index contributed by atoms with van der Waals surface area (Å²) < 4.78 is 0. The molecule has 1 N–H and O–H groups in total. The number of nitrogens with zero attached hydrogens (tertiary/aromatic N) is 1. The summed E-state index contributed by atoms with van der Waals surface area (Å²) in [6, 6.07) is 6.99. The summed E-state index contributed by atoms with van der Waals surface area (Å²) in [5, 5.41) is 9.58. The lowest BCUT2D eigenvalue weighted by molar-refractivity contribution is -0.129. The number of likely N-dealkylation sites (N-methyl/N-ethyl adjacent to an activating group) is 1. The molecule has 1 rings (SSSR count). The van der Waals surface area contributed by atoms with Gasteiger partial charge in [0.15, 0.2) is 0 Å². The highest BCUT2D eigenvalue weighted by atomic mass is 16.3. The third-order valence-electron chi connectivity index (χ3n) is 2.86. The van der Waals surface area contributed by atoms with E-state index in [0.717, 1.165) is 25.8 Å². The van der Waals surface area contributed by atoms with Crippen LogP contribution < -0.4 is 0 Å². The average molecular weight is 235 g/mol. The fourth-order valence-electron chi connectivity index (χ4n) is 1.68. The molecule has 1 aromatic carbocycles. The number of carbonyl (C=O) groups is 1. The lowest BCUT2D eigenvalue weighted by atomic mass is 10.1. The highest BCUT2D eigenvalue weighted by Gasteiger charge is 2.11. The highest BCUT2D eigenvalue weighted by molar-refractivity contribution is 5.79. The minimum absolute atomic E-state index is 0.0580. The molecule has 0 saturated heterocycles. The Morgan fingerprint density at radius 3 is 2.65 bits per heavy atom. The Kier molecular flexibility index (Phi) is 5.53. The van der Waals surface area contributed by atoms with E-state index < -0.39 is 0 Å². The summed E-state index contributed by atoms with van der Waals surface area (Å²) in [6.45, 7) is 2.93. The highest BCUT2D eigenvalue weighted by Crippen LogP contribution is 2.16. The fraction of sp³-hybridized carbons (Fsp3) is 0.500. The summed E-state index contributed by atoms with van der Waals surface area (Å²) in [6.07, 6.45) is 3.62. The minimum Gasteiger partial charge on any atom is -0.508 e. The van der Waals surface area contributed by atoms with E-state index >= 15 is 0 Å². The number of hydrogen-bond donors (Lipinski definition) is 1. The fourth-order valence-corrected chi connectivity index (χ4v) is 1.68. The number of benzene rings is 1. The normalized spacial score (nSPS) is 10.2. The molecule has 1 aromatic rings. The monoisotopic (exact) mass is 235 g/mol. The van der Waals surface area contributed by atoms with Crippen molar-refractivity contribution in [2.24, 2.45) is 0 Å². The molecule has 0 spiro atoms. The van der Waals surface area contributed by atoms with E-state index in [0.29, 0.717) is 5.56 Å². The summed E-state index contributed by atoms with van der Waals surface area (Å²) in [7, 11) is 1.82. The molecular weight excluding hydrogens is 214 g/mol. The van der Waals surface area contributed by atoms with Crippen LogP contribution in [0.4, 0.5) is 0 Å². The van der Waals surface area contributed by atoms with Crippen LogP contribution in [0.15, 0.2) is 24.3 Å². The van der Waals surface area contributed by atoms with Crippen LogP contribution in [0.2, 0.25) is 0 Å². The number of amides is 1. The molecule has 0 bridgehead atoms. The predicted octanol–water partition coefficient (Wildman–Crippen LogP) is 2.58. The van der Waals surface area contributed by atoms with E-state index in [1.807, 2.05) is 13.1 Å². The molecule has 0 aliphatic rings. The molecule has 94 valence electrons. The summed E-state index contributed by atoms with van der Waals surface area (Å²) in [4.78, 5) is 13.6. The molecule has 0 aliphatic heterocycles. The molecule has 0 aromatic heterocycles. The van der Waals surface area contributed by atoms with Gasteiger partial charge in [-0.3, -0.25) is 4.79 Å². The number of phenolic OH excluding ortho intramolecular Hbond substituents is 1. The third kappa shape index (κ3) is 4.47. The van der Waals surface area contributed by atoms with E-state index in [4.69, 9.17) is 0 Å². The Labute approximate surface area is 103 Å². The molecule has 0 saturated carbocycles. The van der Waals surface area contributed by atoms with Crippen LogP contribution >= 0.6 is 0 Å². The number of carbonyl (C=O) groups excluding carboxylic acids is 1. The van der Waals surface area contributed by atoms with Gasteiger partial charge in [0.1, 0.15) is 5.75 Å². The Bertz CT molecular complexity index is 363. The maximum Gasteiger partial charge on any atom is 0.226 e. The second kappa shape index (κ2) is 6.94. The minimum atomic E-state index is 0.0580. The van der Waals surface area contributed by atoms with Gasteiger partial charge in [0.2, 0.25) is 5.91 Å². The molecule has 0 heterocycles. The molecule has 1 amide bonds. The SMILES string of the molecule is CCCCCN(C)C(=O)Cc1ccccc1O. The number of aromatic hydroxyl groups is 1. The Balaban J connectivity index is 2.46. The smallest absolute Gasteiger partial charge is 0.226 e. The van der Waals surface area contributed by atoms with Crippen molar-refractivity contribution in [3.8, 4) is 5.75 Å². The van der Waals surface area contributed by atoms with Gasteiger partial charge in [-0.15, -0.1) is 0 Å². The topological polar surface area (TPSA) is 40.5 Å². The van der Waals surface area contributed by atoms with Crippen LogP contribution in [-0.4, -0.2) is 29.5 Å². The van der Waals surface area contributed by atoms with Crippen molar-refractivity contribution >= 4 is 5.91 Å². The summed E-state index contributed by atoms with van der Waals surface area (Å²) in [5.41, 5.74) is 0.694. The molecule has 0 radical (unpaired) electrons. The Morgan fingerprint density at radius 2 is 2.00 bits per heavy atom. The van der Waals surface area contributed by atoms with Gasteiger partial charge >= 0.3 is 0 Å². The van der Waals surface area contributed by atoms with Crippen molar-refractivity contribution in [1.82, 2.24) is 4.90 Å². The first kappa shape index (κ1) is 13.6. The number of hydrogen-bond acceptors (Lipinski definition) is 2. The van der Waals surface area contributed by atoms with Crippen molar-refractivity contribution in [1.29, 1.82) is 0 Å². The largest absolute Gasteiger partial charge is 0.508 e. The summed E-state index contributed by atoms with van der Waals surface area (Å²) in [5.74, 6) is 0.255. The Morgan fingerprint density at radius 1 is 1.29 bits per heavy atom. The third-order valence-corrected chi connectivity index (χ3v) is 2.86. The van der Waals surface area contributed by atoms with Gasteiger partial charge in [0, 0.05) is 19.2 Å². The van der Waals surface area contributed by atoms with E-state index in [-0.39, 0.29) is 18.1 Å². The van der Waals surface area contributed by atoms with E-state index in [1.54, 1.807) is 23.1 Å². The van der Waals surface area contributed by atoms with Gasteiger partial charge in [-0.05, 0) is 12.5 Å². The van der Waals surface area contributed by atoms with Crippen LogP contribution in [0, 0.1) is 0 Å². The second-order valence-corrected chi connectivity index (χ2v) is 4.33. The molecule has 17 heavy (non-hydrogen) atoms. The lowest BCUT2D eigenvalue weighted by Crippen LogP contribution is -2.29. The van der Waals surface area contributed by atoms with Gasteiger partial charge in [0.05, 0.1) is 6.42 Å². The van der Waals surface area contributed by atoms with Crippen molar-refractivity contribution in [2.75, 3.05) is 13.6 Å². The van der Waals surface area contributed by atoms with E-state index in [2.05, 4.69) is 6.92 Å². The van der Waals surface area contributed by atoms with Crippen LogP contribution in [0.1, 0.15) is 31.7 Å². The first-order chi connectivity index (χ1) is 8.15. The van der Waals surface area contributed by atoms with Gasteiger partial charge in [-0.25, -0.2) is 0 Å². The molecule has 0 atom stereocenters. The molecule has 3 heteroatoms. The van der Waals surface area contributed by atoms with E-state index in [9.17, 15) is 9.90 Å². The maximum absolute atomic E-state index is 11.9. The van der Waals surface area contributed by atoms with Crippen molar-refractivity contribution in [2.45, 2.75) is 32.6 Å². The number of rotatable bonds is 6. The van der Waals surface area contributed by atoms with Crippen molar-refractivity contribution < 1.29 is 9.90 Å².